The molecular weight excluding hydrogens is 248 g/mol. The Hall–Kier alpha value is -2.75. The maximum absolute atomic E-state index is 8.30. The number of benzene rings is 2. The van der Waals surface area contributed by atoms with Gasteiger partial charge in [-0.25, -0.2) is 9.97 Å². The molecule has 0 saturated heterocycles. The Balaban J connectivity index is 2.10. The fourth-order valence-corrected chi connectivity index (χ4v) is 2.15. The van der Waals surface area contributed by atoms with E-state index in [1.54, 1.807) is 6.20 Å². The highest BCUT2D eigenvalue weighted by Crippen LogP contribution is 2.19. The zero-order chi connectivity index (χ0) is 14.1. The van der Waals surface area contributed by atoms with E-state index in [4.69, 9.17) is 11.1 Å². The van der Waals surface area contributed by atoms with Crippen molar-refractivity contribution >= 4 is 22.3 Å². The fourth-order valence-electron chi connectivity index (χ4n) is 2.15. The van der Waals surface area contributed by atoms with Gasteiger partial charge in [0.15, 0.2) is 5.82 Å². The molecule has 0 aliphatic carbocycles. The lowest BCUT2D eigenvalue weighted by Crippen LogP contribution is -2.10. The van der Waals surface area contributed by atoms with E-state index in [-0.39, 0.29) is 5.82 Å². The van der Waals surface area contributed by atoms with Crippen LogP contribution < -0.4 is 5.73 Å². The average Bonchev–Trinajstić information content (AvgIpc) is 2.48. The summed E-state index contributed by atoms with van der Waals surface area (Å²) in [7, 11) is 0. The lowest BCUT2D eigenvalue weighted by atomic mass is 10.0. The van der Waals surface area contributed by atoms with Crippen LogP contribution in [0, 0.1) is 12.3 Å². The minimum Gasteiger partial charge on any atom is -0.382 e. The summed E-state index contributed by atoms with van der Waals surface area (Å²) in [6.45, 7) is 1.84. The van der Waals surface area contributed by atoms with Crippen LogP contribution in [0.2, 0.25) is 0 Å². The quantitative estimate of drug-likeness (QED) is 0.697. The third-order valence-corrected chi connectivity index (χ3v) is 3.20. The largest absolute Gasteiger partial charge is 0.382 e. The molecule has 3 rings (SSSR count). The predicted octanol–water partition coefficient (Wildman–Crippen LogP) is 2.94. The molecule has 4 nitrogen and oxygen atoms in total. The molecule has 0 unspecified atom stereocenters. The van der Waals surface area contributed by atoms with Gasteiger partial charge in [-0.3, -0.25) is 5.41 Å². The Kier molecular flexibility index (Phi) is 2.91. The van der Waals surface area contributed by atoms with E-state index >= 15 is 0 Å². The Morgan fingerprint density at radius 1 is 1.10 bits per heavy atom. The predicted molar refractivity (Wildman–Crippen MR) is 81.1 cm³/mol. The van der Waals surface area contributed by atoms with Crippen LogP contribution in [0.4, 0.5) is 5.82 Å². The third-order valence-electron chi connectivity index (χ3n) is 3.20. The van der Waals surface area contributed by atoms with Crippen molar-refractivity contribution in [1.29, 1.82) is 5.41 Å². The van der Waals surface area contributed by atoms with Crippen molar-refractivity contribution < 1.29 is 0 Å². The second kappa shape index (κ2) is 4.74. The number of nitrogens with two attached hydrogens (primary N) is 1. The van der Waals surface area contributed by atoms with Gasteiger partial charge in [0.25, 0.3) is 0 Å². The van der Waals surface area contributed by atoms with E-state index in [0.717, 1.165) is 22.0 Å². The molecule has 98 valence electrons. The van der Waals surface area contributed by atoms with E-state index < -0.39 is 0 Å². The molecule has 1 aromatic heterocycles. The molecule has 0 radical (unpaired) electrons. The first-order valence-electron chi connectivity index (χ1n) is 6.32. The summed E-state index contributed by atoms with van der Waals surface area (Å²) in [5, 5.41) is 10.5. The van der Waals surface area contributed by atoms with E-state index in [1.165, 1.54) is 0 Å². The van der Waals surface area contributed by atoms with Crippen molar-refractivity contribution in [1.82, 2.24) is 9.97 Å². The number of aromatic nitrogens is 2. The van der Waals surface area contributed by atoms with Gasteiger partial charge in [0.1, 0.15) is 5.69 Å². The molecule has 4 heteroatoms. The van der Waals surface area contributed by atoms with Gasteiger partial charge in [0.2, 0.25) is 0 Å². The first kappa shape index (κ1) is 12.3. The number of hydrogen-bond acceptors (Lipinski definition) is 4. The lowest BCUT2D eigenvalue weighted by Gasteiger charge is -2.08. The van der Waals surface area contributed by atoms with Crippen LogP contribution in [0.1, 0.15) is 17.0 Å². The van der Waals surface area contributed by atoms with Gasteiger partial charge in [-0.15, -0.1) is 0 Å². The van der Waals surface area contributed by atoms with E-state index in [1.807, 2.05) is 49.4 Å². The van der Waals surface area contributed by atoms with Crippen LogP contribution in [0.15, 0.2) is 48.7 Å². The first-order valence-corrected chi connectivity index (χ1v) is 6.32. The van der Waals surface area contributed by atoms with Gasteiger partial charge in [0.05, 0.1) is 17.6 Å². The smallest absolute Gasteiger partial charge is 0.151 e. The number of nitrogens with zero attached hydrogens (tertiary/aromatic N) is 2. The van der Waals surface area contributed by atoms with Crippen molar-refractivity contribution in [2.24, 2.45) is 0 Å². The molecular formula is C16H14N4. The number of anilines is 1. The van der Waals surface area contributed by atoms with Gasteiger partial charge in [0, 0.05) is 5.56 Å². The summed E-state index contributed by atoms with van der Waals surface area (Å²) >= 11 is 0. The summed E-state index contributed by atoms with van der Waals surface area (Å²) in [5.74, 6) is 0.286. The maximum atomic E-state index is 8.30. The molecule has 1 heterocycles. The number of nitrogen functional groups attached to an aromatic ring is 1. The van der Waals surface area contributed by atoms with Crippen LogP contribution in [-0.4, -0.2) is 15.7 Å². The zero-order valence-electron chi connectivity index (χ0n) is 11.1. The molecule has 0 atom stereocenters. The maximum Gasteiger partial charge on any atom is 0.151 e. The van der Waals surface area contributed by atoms with Crippen molar-refractivity contribution in [3.8, 4) is 0 Å². The molecule has 0 aliphatic heterocycles. The molecule has 20 heavy (non-hydrogen) atoms. The normalized spacial score (nSPS) is 10.7. The number of rotatable bonds is 2. The van der Waals surface area contributed by atoms with Crippen LogP contribution in [0.25, 0.3) is 10.8 Å². The van der Waals surface area contributed by atoms with Gasteiger partial charge in [-0.1, -0.05) is 36.4 Å². The summed E-state index contributed by atoms with van der Waals surface area (Å²) in [4.78, 5) is 8.38. The molecule has 0 amide bonds. The van der Waals surface area contributed by atoms with Crippen molar-refractivity contribution in [3.63, 3.8) is 0 Å². The van der Waals surface area contributed by atoms with Gasteiger partial charge in [-0.05, 0) is 23.8 Å². The highest BCUT2D eigenvalue weighted by Gasteiger charge is 2.12. The van der Waals surface area contributed by atoms with E-state index in [0.29, 0.717) is 11.4 Å². The first-order chi connectivity index (χ1) is 9.65. The molecule has 0 bridgehead atoms. The molecule has 0 spiro atoms. The van der Waals surface area contributed by atoms with Crippen molar-refractivity contribution in [3.05, 3.63) is 65.6 Å². The van der Waals surface area contributed by atoms with E-state index in [2.05, 4.69) is 9.97 Å². The van der Waals surface area contributed by atoms with Crippen LogP contribution in [0.3, 0.4) is 0 Å². The lowest BCUT2D eigenvalue weighted by molar-refractivity contribution is 1.10. The fraction of sp³-hybridized carbons (Fsp3) is 0.0625. The molecule has 3 aromatic rings. The van der Waals surface area contributed by atoms with Gasteiger partial charge < -0.3 is 5.73 Å². The van der Waals surface area contributed by atoms with Crippen LogP contribution in [0.5, 0.6) is 0 Å². The van der Waals surface area contributed by atoms with Gasteiger partial charge in [-0.2, -0.15) is 0 Å². The van der Waals surface area contributed by atoms with Crippen LogP contribution >= 0.6 is 0 Å². The average molecular weight is 262 g/mol. The highest BCUT2D eigenvalue weighted by molar-refractivity contribution is 6.13. The summed E-state index contributed by atoms with van der Waals surface area (Å²) < 4.78 is 0. The topological polar surface area (TPSA) is 75.7 Å². The minimum absolute atomic E-state index is 0.286. The van der Waals surface area contributed by atoms with Crippen LogP contribution in [-0.2, 0) is 0 Å². The van der Waals surface area contributed by atoms with E-state index in [9.17, 15) is 0 Å². The Bertz CT molecular complexity index is 808. The Morgan fingerprint density at radius 3 is 2.65 bits per heavy atom. The standard InChI is InChI=1S/C16H14N4/c1-10-9-19-16(18)15(20-10)14(17)13-7-6-11-4-2-3-5-12(11)8-13/h2-9,17H,1H3,(H2,18,19). The minimum atomic E-state index is 0.286. The summed E-state index contributed by atoms with van der Waals surface area (Å²) in [5.41, 5.74) is 8.09. The molecule has 0 aliphatic rings. The Labute approximate surface area is 116 Å². The number of fused-ring (bicyclic) bond motifs is 1. The monoisotopic (exact) mass is 262 g/mol. The number of hydrogen-bond donors (Lipinski definition) is 2. The Morgan fingerprint density at radius 2 is 1.85 bits per heavy atom. The molecule has 3 N–H and O–H groups in total. The third kappa shape index (κ3) is 2.12. The molecule has 2 aromatic carbocycles. The molecule has 0 saturated carbocycles. The second-order valence-corrected chi connectivity index (χ2v) is 4.68. The van der Waals surface area contributed by atoms with Crippen molar-refractivity contribution in [2.75, 3.05) is 5.73 Å². The zero-order valence-corrected chi connectivity index (χ0v) is 11.1. The number of nitrogens with one attached hydrogen (secondary N) is 1. The summed E-state index contributed by atoms with van der Waals surface area (Å²) in [6, 6.07) is 13.9. The SMILES string of the molecule is Cc1cnc(N)c(C(=N)c2ccc3ccccc3c2)n1. The number of aryl methyl sites for hydroxylation is 1. The second-order valence-electron chi connectivity index (χ2n) is 4.68. The highest BCUT2D eigenvalue weighted by atomic mass is 14.9. The van der Waals surface area contributed by atoms with Gasteiger partial charge >= 0.3 is 0 Å². The molecule has 0 fully saturated rings. The van der Waals surface area contributed by atoms with Crippen molar-refractivity contribution in [2.45, 2.75) is 6.92 Å². The summed E-state index contributed by atoms with van der Waals surface area (Å²) in [6.07, 6.45) is 1.60.